The summed E-state index contributed by atoms with van der Waals surface area (Å²) >= 11 is 0. The van der Waals surface area contributed by atoms with Crippen LogP contribution in [0.4, 0.5) is 0 Å². The Labute approximate surface area is 85.0 Å². The summed E-state index contributed by atoms with van der Waals surface area (Å²) in [6, 6.07) is 0. The number of rotatable bonds is 6. The lowest BCUT2D eigenvalue weighted by molar-refractivity contribution is -0.137. The first kappa shape index (κ1) is 15.8. The highest BCUT2D eigenvalue weighted by Crippen LogP contribution is 1.76. The standard InChI is InChI=1S/C6H14O3.C3H6O2/c1-2-8-5-6-9-4-3-7;1-3(4)5-2/h7H,2-6H2,1H3;1-2H3. The number of methoxy groups -OCH3 is 1. The Kier molecular flexibility index (Phi) is 16.8. The van der Waals surface area contributed by atoms with Crippen LogP contribution >= 0.6 is 0 Å². The van der Waals surface area contributed by atoms with Crippen LogP contribution in [0.3, 0.4) is 0 Å². The lowest BCUT2D eigenvalue weighted by Gasteiger charge is -2.00. The van der Waals surface area contributed by atoms with Gasteiger partial charge in [0.1, 0.15) is 0 Å². The number of carbonyl (C=O) groups excluding carboxylic acids is 1. The van der Waals surface area contributed by atoms with Gasteiger partial charge in [-0.05, 0) is 6.92 Å². The summed E-state index contributed by atoms with van der Waals surface area (Å²) in [7, 11) is 1.35. The zero-order valence-electron chi connectivity index (χ0n) is 9.12. The third-order valence-electron chi connectivity index (χ3n) is 1.10. The molecule has 0 heterocycles. The van der Waals surface area contributed by atoms with E-state index in [9.17, 15) is 4.79 Å². The molecule has 0 aromatic heterocycles. The van der Waals surface area contributed by atoms with E-state index in [-0.39, 0.29) is 12.6 Å². The van der Waals surface area contributed by atoms with Gasteiger partial charge in [0.25, 0.3) is 0 Å². The fourth-order valence-corrected chi connectivity index (χ4v) is 0.429. The van der Waals surface area contributed by atoms with Gasteiger partial charge in [-0.15, -0.1) is 0 Å². The molecule has 0 bridgehead atoms. The summed E-state index contributed by atoms with van der Waals surface area (Å²) < 4.78 is 14.0. The summed E-state index contributed by atoms with van der Waals surface area (Å²) in [5, 5.41) is 8.26. The summed E-state index contributed by atoms with van der Waals surface area (Å²) in [5.74, 6) is -0.245. The monoisotopic (exact) mass is 208 g/mol. The first-order valence-corrected chi connectivity index (χ1v) is 4.49. The van der Waals surface area contributed by atoms with Gasteiger partial charge < -0.3 is 19.3 Å². The smallest absolute Gasteiger partial charge is 0.302 e. The van der Waals surface area contributed by atoms with Gasteiger partial charge in [-0.1, -0.05) is 0 Å². The number of esters is 1. The van der Waals surface area contributed by atoms with Gasteiger partial charge in [-0.2, -0.15) is 0 Å². The Morgan fingerprint density at radius 1 is 1.21 bits per heavy atom. The Hall–Kier alpha value is -0.650. The van der Waals surface area contributed by atoms with Crippen molar-refractivity contribution in [3.8, 4) is 0 Å². The van der Waals surface area contributed by atoms with E-state index in [0.717, 1.165) is 6.61 Å². The lowest BCUT2D eigenvalue weighted by Crippen LogP contribution is -2.06. The molecule has 0 aliphatic carbocycles. The van der Waals surface area contributed by atoms with Crippen molar-refractivity contribution in [3.05, 3.63) is 0 Å². The maximum Gasteiger partial charge on any atom is 0.302 e. The second-order valence-corrected chi connectivity index (χ2v) is 2.23. The van der Waals surface area contributed by atoms with Crippen molar-refractivity contribution < 1.29 is 24.1 Å². The van der Waals surface area contributed by atoms with Crippen molar-refractivity contribution >= 4 is 5.97 Å². The molecule has 0 aromatic carbocycles. The number of aliphatic hydroxyl groups is 1. The highest BCUT2D eigenvalue weighted by atomic mass is 16.5. The molecule has 0 saturated heterocycles. The Balaban J connectivity index is 0. The SMILES string of the molecule is CCOCCOCCO.COC(C)=O. The molecule has 5 nitrogen and oxygen atoms in total. The molecule has 0 aliphatic heterocycles. The fraction of sp³-hybridized carbons (Fsp3) is 0.889. The van der Waals surface area contributed by atoms with E-state index in [0.29, 0.717) is 19.8 Å². The zero-order valence-corrected chi connectivity index (χ0v) is 9.12. The molecule has 0 saturated carbocycles. The van der Waals surface area contributed by atoms with E-state index in [1.807, 2.05) is 6.92 Å². The van der Waals surface area contributed by atoms with Crippen LogP contribution in [-0.2, 0) is 19.0 Å². The largest absolute Gasteiger partial charge is 0.469 e. The minimum atomic E-state index is -0.245. The number of aliphatic hydroxyl groups excluding tert-OH is 1. The van der Waals surface area contributed by atoms with Crippen molar-refractivity contribution in [2.24, 2.45) is 0 Å². The predicted octanol–water partition coefficient (Wildman–Crippen LogP) is 0.211. The van der Waals surface area contributed by atoms with Crippen LogP contribution in [0.5, 0.6) is 0 Å². The van der Waals surface area contributed by atoms with Crippen LogP contribution in [0.15, 0.2) is 0 Å². The third-order valence-corrected chi connectivity index (χ3v) is 1.10. The average molecular weight is 208 g/mol. The van der Waals surface area contributed by atoms with Crippen LogP contribution < -0.4 is 0 Å². The van der Waals surface area contributed by atoms with E-state index in [1.165, 1.54) is 14.0 Å². The maximum absolute atomic E-state index is 9.59. The average Bonchev–Trinajstić information content (AvgIpc) is 2.19. The molecule has 0 spiro atoms. The first-order chi connectivity index (χ1) is 6.68. The molecule has 0 radical (unpaired) electrons. The van der Waals surface area contributed by atoms with Crippen LogP contribution in [0.25, 0.3) is 0 Å². The van der Waals surface area contributed by atoms with E-state index in [4.69, 9.17) is 14.6 Å². The fourth-order valence-electron chi connectivity index (χ4n) is 0.429. The number of ether oxygens (including phenoxy) is 3. The van der Waals surface area contributed by atoms with E-state index in [1.54, 1.807) is 0 Å². The molecule has 0 aromatic rings. The van der Waals surface area contributed by atoms with E-state index in [2.05, 4.69) is 4.74 Å². The van der Waals surface area contributed by atoms with Gasteiger partial charge in [0.2, 0.25) is 0 Å². The number of hydrogen-bond donors (Lipinski definition) is 1. The van der Waals surface area contributed by atoms with Crippen molar-refractivity contribution in [2.45, 2.75) is 13.8 Å². The minimum Gasteiger partial charge on any atom is -0.469 e. The lowest BCUT2D eigenvalue weighted by atomic mass is 10.7. The molecule has 5 heteroatoms. The first-order valence-electron chi connectivity index (χ1n) is 4.49. The van der Waals surface area contributed by atoms with E-state index < -0.39 is 0 Å². The van der Waals surface area contributed by atoms with Crippen LogP contribution in [-0.4, -0.2) is 51.2 Å². The van der Waals surface area contributed by atoms with Crippen molar-refractivity contribution in [3.63, 3.8) is 0 Å². The van der Waals surface area contributed by atoms with Crippen molar-refractivity contribution in [1.29, 1.82) is 0 Å². The van der Waals surface area contributed by atoms with Gasteiger partial charge in [0.15, 0.2) is 0 Å². The Bertz CT molecular complexity index is 110. The number of hydrogen-bond acceptors (Lipinski definition) is 5. The second-order valence-electron chi connectivity index (χ2n) is 2.23. The van der Waals surface area contributed by atoms with Gasteiger partial charge >= 0.3 is 5.97 Å². The predicted molar refractivity (Wildman–Crippen MR) is 52.1 cm³/mol. The Morgan fingerprint density at radius 3 is 2.07 bits per heavy atom. The molecular formula is C9H20O5. The summed E-state index contributed by atoms with van der Waals surface area (Å²) in [4.78, 5) is 9.59. The molecule has 0 aliphatic rings. The van der Waals surface area contributed by atoms with Crippen LogP contribution in [0.1, 0.15) is 13.8 Å². The zero-order chi connectivity index (χ0) is 11.2. The third kappa shape index (κ3) is 22.5. The summed E-state index contributed by atoms with van der Waals surface area (Å²) in [6.45, 7) is 5.72. The molecular weight excluding hydrogens is 188 g/mol. The second kappa shape index (κ2) is 14.9. The van der Waals surface area contributed by atoms with Crippen LogP contribution in [0, 0.1) is 0 Å². The molecule has 86 valence electrons. The van der Waals surface area contributed by atoms with Gasteiger partial charge in [0, 0.05) is 13.5 Å². The summed E-state index contributed by atoms with van der Waals surface area (Å²) in [5.41, 5.74) is 0. The van der Waals surface area contributed by atoms with Gasteiger partial charge in [-0.3, -0.25) is 4.79 Å². The molecule has 1 N–H and O–H groups in total. The molecule has 0 amide bonds. The molecule has 0 unspecified atom stereocenters. The quantitative estimate of drug-likeness (QED) is 0.499. The van der Waals surface area contributed by atoms with Gasteiger partial charge in [-0.25, -0.2) is 0 Å². The molecule has 0 fully saturated rings. The van der Waals surface area contributed by atoms with Crippen LogP contribution in [0.2, 0.25) is 0 Å². The summed E-state index contributed by atoms with van der Waals surface area (Å²) in [6.07, 6.45) is 0. The van der Waals surface area contributed by atoms with Crippen molar-refractivity contribution in [1.82, 2.24) is 0 Å². The molecule has 0 rings (SSSR count). The highest BCUT2D eigenvalue weighted by Gasteiger charge is 1.84. The Morgan fingerprint density at radius 2 is 1.71 bits per heavy atom. The van der Waals surface area contributed by atoms with Gasteiger partial charge in [0.05, 0.1) is 33.5 Å². The topological polar surface area (TPSA) is 65.0 Å². The molecule has 0 atom stereocenters. The highest BCUT2D eigenvalue weighted by molar-refractivity contribution is 5.65. The van der Waals surface area contributed by atoms with E-state index >= 15 is 0 Å². The normalized spacial score (nSPS) is 8.86. The molecule has 14 heavy (non-hydrogen) atoms. The van der Waals surface area contributed by atoms with Crippen molar-refractivity contribution in [2.75, 3.05) is 40.1 Å². The maximum atomic E-state index is 9.59. The minimum absolute atomic E-state index is 0.0894. The number of carbonyl (C=O) groups is 1.